The fourth-order valence-electron chi connectivity index (χ4n) is 1.75. The first kappa shape index (κ1) is 16.3. The highest BCUT2D eigenvalue weighted by Gasteiger charge is 2.37. The molecule has 0 fully saturated rings. The number of hydrogen-bond donors (Lipinski definition) is 1. The Balaban J connectivity index is 2.80. The van der Waals surface area contributed by atoms with Crippen molar-refractivity contribution in [3.63, 3.8) is 0 Å². The smallest absolute Gasteiger partial charge is 0.339 e. The van der Waals surface area contributed by atoms with Gasteiger partial charge in [0, 0.05) is 6.20 Å². The van der Waals surface area contributed by atoms with Crippen LogP contribution in [0.4, 0.5) is 0 Å². The maximum Gasteiger partial charge on any atom is 0.339 e. The van der Waals surface area contributed by atoms with E-state index in [-0.39, 0.29) is 18.2 Å². The summed E-state index contributed by atoms with van der Waals surface area (Å²) in [6.07, 6.45) is 4.94. The van der Waals surface area contributed by atoms with Crippen molar-refractivity contribution in [3.05, 3.63) is 23.9 Å². The van der Waals surface area contributed by atoms with E-state index in [0.29, 0.717) is 12.0 Å². The van der Waals surface area contributed by atoms with Crippen LogP contribution in [0.3, 0.4) is 0 Å². The Labute approximate surface area is 120 Å². The van der Waals surface area contributed by atoms with Gasteiger partial charge in [-0.05, 0) is 46.3 Å². The molecule has 0 aromatic carbocycles. The van der Waals surface area contributed by atoms with Crippen LogP contribution < -0.4 is 5.32 Å². The lowest BCUT2D eigenvalue weighted by Crippen LogP contribution is -2.50. The Hall–Kier alpha value is -1.78. The molecule has 0 amide bonds. The van der Waals surface area contributed by atoms with Gasteiger partial charge in [-0.3, -0.25) is 0 Å². The zero-order valence-electron chi connectivity index (χ0n) is 12.7. The highest BCUT2D eigenvalue weighted by atomic mass is 16.5. The Kier molecular flexibility index (Phi) is 5.36. The summed E-state index contributed by atoms with van der Waals surface area (Å²) in [5.41, 5.74) is -0.522. The van der Waals surface area contributed by atoms with Crippen LogP contribution in [0.15, 0.2) is 23.9 Å². The molecule has 0 spiro atoms. The first-order valence-electron chi connectivity index (χ1n) is 6.90. The van der Waals surface area contributed by atoms with Crippen molar-refractivity contribution in [2.75, 3.05) is 0 Å². The molecule has 5 heteroatoms. The molecular formula is C15H23NO4. The molecule has 1 N–H and O–H groups in total. The lowest BCUT2D eigenvalue weighted by atomic mass is 9.92. The second-order valence-electron chi connectivity index (χ2n) is 5.31. The van der Waals surface area contributed by atoms with E-state index in [1.165, 1.54) is 6.20 Å². The van der Waals surface area contributed by atoms with Gasteiger partial charge in [-0.1, -0.05) is 6.92 Å². The van der Waals surface area contributed by atoms with Crippen LogP contribution >= 0.6 is 0 Å². The van der Waals surface area contributed by atoms with E-state index in [2.05, 4.69) is 5.32 Å². The average Bonchev–Trinajstić information content (AvgIpc) is 2.37. The molecule has 0 aromatic rings. The molecule has 0 saturated heterocycles. The quantitative estimate of drug-likeness (QED) is 0.782. The van der Waals surface area contributed by atoms with Crippen LogP contribution in [0.2, 0.25) is 0 Å². The molecule has 0 aromatic heterocycles. The van der Waals surface area contributed by atoms with Gasteiger partial charge in [0.1, 0.15) is 0 Å². The predicted octanol–water partition coefficient (Wildman–Crippen LogP) is 2.08. The maximum atomic E-state index is 12.1. The molecule has 1 heterocycles. The van der Waals surface area contributed by atoms with E-state index < -0.39 is 11.5 Å². The Morgan fingerprint density at radius 1 is 1.20 bits per heavy atom. The minimum atomic E-state index is -0.911. The SMILES string of the molecule is CC[C@@]1(C(=O)OC(C)C)C=CC(C(=O)OC(C)C)=CN1. The van der Waals surface area contributed by atoms with Crippen molar-refractivity contribution in [3.8, 4) is 0 Å². The first-order valence-corrected chi connectivity index (χ1v) is 6.90. The van der Waals surface area contributed by atoms with Crippen LogP contribution in [0.1, 0.15) is 41.0 Å². The minimum Gasteiger partial charge on any atom is -0.461 e. The van der Waals surface area contributed by atoms with Gasteiger partial charge in [-0.15, -0.1) is 0 Å². The fourth-order valence-corrected chi connectivity index (χ4v) is 1.75. The number of esters is 2. The normalized spacial score (nSPS) is 21.4. The molecule has 1 aliphatic heterocycles. The summed E-state index contributed by atoms with van der Waals surface area (Å²) < 4.78 is 10.3. The average molecular weight is 281 g/mol. The van der Waals surface area contributed by atoms with Crippen LogP contribution in [-0.4, -0.2) is 29.7 Å². The number of nitrogens with one attached hydrogen (secondary N) is 1. The zero-order chi connectivity index (χ0) is 15.3. The van der Waals surface area contributed by atoms with Gasteiger partial charge in [0.15, 0.2) is 5.54 Å². The highest BCUT2D eigenvalue weighted by molar-refractivity contribution is 5.93. The van der Waals surface area contributed by atoms with Crippen molar-refractivity contribution in [1.29, 1.82) is 0 Å². The van der Waals surface area contributed by atoms with Crippen LogP contribution in [0.25, 0.3) is 0 Å². The van der Waals surface area contributed by atoms with E-state index in [1.54, 1.807) is 39.8 Å². The summed E-state index contributed by atoms with van der Waals surface area (Å²) in [5, 5.41) is 2.97. The molecule has 0 radical (unpaired) electrons. The third-order valence-electron chi connectivity index (χ3n) is 2.88. The zero-order valence-corrected chi connectivity index (χ0v) is 12.7. The van der Waals surface area contributed by atoms with Gasteiger partial charge in [0.2, 0.25) is 0 Å². The number of dihydropyridines is 1. The summed E-state index contributed by atoms with van der Waals surface area (Å²) in [7, 11) is 0. The summed E-state index contributed by atoms with van der Waals surface area (Å²) >= 11 is 0. The number of ether oxygens (including phenoxy) is 2. The lowest BCUT2D eigenvalue weighted by molar-refractivity contribution is -0.153. The third kappa shape index (κ3) is 3.85. The molecule has 0 unspecified atom stereocenters. The molecule has 1 rings (SSSR count). The largest absolute Gasteiger partial charge is 0.461 e. The molecule has 112 valence electrons. The molecular weight excluding hydrogens is 258 g/mol. The Morgan fingerprint density at radius 2 is 1.80 bits per heavy atom. The molecule has 0 aliphatic carbocycles. The summed E-state index contributed by atoms with van der Waals surface area (Å²) in [5.74, 6) is -0.760. The van der Waals surface area contributed by atoms with Gasteiger partial charge in [-0.25, -0.2) is 9.59 Å². The van der Waals surface area contributed by atoms with Gasteiger partial charge in [0.05, 0.1) is 17.8 Å². The standard InChI is InChI=1S/C15H23NO4/c1-6-15(14(18)20-11(4)5)8-7-12(9-16-15)13(17)19-10(2)3/h7-11,16H,6H2,1-5H3/t15-/m0/s1. The predicted molar refractivity (Wildman–Crippen MR) is 75.8 cm³/mol. The van der Waals surface area contributed by atoms with Gasteiger partial charge in [-0.2, -0.15) is 0 Å². The van der Waals surface area contributed by atoms with Crippen molar-refractivity contribution in [2.45, 2.75) is 58.8 Å². The van der Waals surface area contributed by atoms with E-state index in [9.17, 15) is 9.59 Å². The summed E-state index contributed by atoms with van der Waals surface area (Å²) in [6, 6.07) is 0. The summed E-state index contributed by atoms with van der Waals surface area (Å²) in [6.45, 7) is 9.05. The molecule has 20 heavy (non-hydrogen) atoms. The molecule has 0 saturated carbocycles. The first-order chi connectivity index (χ1) is 9.30. The van der Waals surface area contributed by atoms with Crippen LogP contribution in [0, 0.1) is 0 Å². The van der Waals surface area contributed by atoms with Gasteiger partial charge >= 0.3 is 11.9 Å². The van der Waals surface area contributed by atoms with Gasteiger partial charge < -0.3 is 14.8 Å². The van der Waals surface area contributed by atoms with Crippen molar-refractivity contribution in [2.24, 2.45) is 0 Å². The Morgan fingerprint density at radius 3 is 2.20 bits per heavy atom. The lowest BCUT2D eigenvalue weighted by Gasteiger charge is -2.31. The number of carbonyl (C=O) groups is 2. The topological polar surface area (TPSA) is 64.6 Å². The van der Waals surface area contributed by atoms with Crippen molar-refractivity contribution >= 4 is 11.9 Å². The number of hydrogen-bond acceptors (Lipinski definition) is 5. The minimum absolute atomic E-state index is 0.180. The highest BCUT2D eigenvalue weighted by Crippen LogP contribution is 2.21. The van der Waals surface area contributed by atoms with E-state index in [4.69, 9.17) is 9.47 Å². The summed E-state index contributed by atoms with van der Waals surface area (Å²) in [4.78, 5) is 23.9. The molecule has 1 atom stereocenters. The third-order valence-corrected chi connectivity index (χ3v) is 2.88. The van der Waals surface area contributed by atoms with Crippen LogP contribution in [0.5, 0.6) is 0 Å². The van der Waals surface area contributed by atoms with Crippen LogP contribution in [-0.2, 0) is 19.1 Å². The van der Waals surface area contributed by atoms with E-state index in [1.807, 2.05) is 6.92 Å². The monoisotopic (exact) mass is 281 g/mol. The van der Waals surface area contributed by atoms with E-state index >= 15 is 0 Å². The van der Waals surface area contributed by atoms with Crippen molar-refractivity contribution < 1.29 is 19.1 Å². The second-order valence-corrected chi connectivity index (χ2v) is 5.31. The number of carbonyl (C=O) groups excluding carboxylic acids is 2. The maximum absolute atomic E-state index is 12.1. The van der Waals surface area contributed by atoms with Gasteiger partial charge in [0.25, 0.3) is 0 Å². The molecule has 0 bridgehead atoms. The fraction of sp³-hybridized carbons (Fsp3) is 0.600. The number of rotatable bonds is 5. The Bertz CT molecular complexity index is 437. The molecule has 5 nitrogen and oxygen atoms in total. The second kappa shape index (κ2) is 6.59. The molecule has 1 aliphatic rings. The van der Waals surface area contributed by atoms with Crippen molar-refractivity contribution in [1.82, 2.24) is 5.32 Å². The van der Waals surface area contributed by atoms with E-state index in [0.717, 1.165) is 0 Å².